The normalized spacial score (nSPS) is 20.0. The summed E-state index contributed by atoms with van der Waals surface area (Å²) in [5.74, 6) is 0.935. The van der Waals surface area contributed by atoms with E-state index in [-0.39, 0.29) is 18.4 Å². The van der Waals surface area contributed by atoms with E-state index in [2.05, 4.69) is 29.2 Å². The Balaban J connectivity index is 2.10. The second kappa shape index (κ2) is 5.38. The molecule has 7 nitrogen and oxygen atoms in total. The predicted molar refractivity (Wildman–Crippen MR) is 67.9 cm³/mol. The zero-order chi connectivity index (χ0) is 14.0. The Kier molecular flexibility index (Phi) is 3.82. The van der Waals surface area contributed by atoms with E-state index in [4.69, 9.17) is 0 Å². The average molecular weight is 265 g/mol. The van der Waals surface area contributed by atoms with Gasteiger partial charge in [0, 0.05) is 6.54 Å². The van der Waals surface area contributed by atoms with Gasteiger partial charge in [-0.15, -0.1) is 0 Å². The number of carbonyl (C=O) groups is 2. The smallest absolute Gasteiger partial charge is 0.245 e. The lowest BCUT2D eigenvalue weighted by atomic mass is 10.2. The minimum absolute atomic E-state index is 0.0811. The summed E-state index contributed by atoms with van der Waals surface area (Å²) in [6.45, 7) is 7.02. The van der Waals surface area contributed by atoms with Crippen molar-refractivity contribution in [2.24, 2.45) is 5.92 Å². The molecule has 0 saturated carbocycles. The second-order valence-corrected chi connectivity index (χ2v) is 5.24. The summed E-state index contributed by atoms with van der Waals surface area (Å²) in [4.78, 5) is 29.1. The highest BCUT2D eigenvalue weighted by molar-refractivity contribution is 5.94. The summed E-state index contributed by atoms with van der Waals surface area (Å²) < 4.78 is 1.79. The molecule has 1 unspecified atom stereocenters. The molecule has 104 valence electrons. The molecule has 0 spiro atoms. The quantitative estimate of drug-likeness (QED) is 0.816. The topological polar surface area (TPSA) is 80.1 Å². The van der Waals surface area contributed by atoms with Crippen molar-refractivity contribution >= 4 is 11.8 Å². The lowest BCUT2D eigenvalue weighted by Crippen LogP contribution is -2.56. The molecule has 0 bridgehead atoms. The van der Waals surface area contributed by atoms with Crippen LogP contribution < -0.4 is 5.32 Å². The average Bonchev–Trinajstić information content (AvgIpc) is 2.72. The van der Waals surface area contributed by atoms with E-state index in [0.29, 0.717) is 18.3 Å². The summed E-state index contributed by atoms with van der Waals surface area (Å²) >= 11 is 0. The Bertz CT molecular complexity index is 482. The Morgan fingerprint density at radius 1 is 1.47 bits per heavy atom. The first-order chi connectivity index (χ1) is 8.97. The van der Waals surface area contributed by atoms with E-state index in [1.807, 2.05) is 0 Å². The molecule has 1 aliphatic heterocycles. The molecular formula is C12H19N5O2. The number of nitrogens with zero attached hydrogens (tertiary/aromatic N) is 4. The number of carbonyl (C=O) groups excluding carboxylic acids is 2. The fraction of sp³-hybridized carbons (Fsp3) is 0.667. The molecule has 1 aliphatic rings. The minimum atomic E-state index is -0.470. The SMILES string of the molecule is CC(C)Cn1ncnc1CN1CC(=O)NC(C)C1=O. The van der Waals surface area contributed by atoms with Crippen molar-refractivity contribution in [1.29, 1.82) is 0 Å². The second-order valence-electron chi connectivity index (χ2n) is 5.24. The molecule has 1 saturated heterocycles. The van der Waals surface area contributed by atoms with Crippen LogP contribution in [0.1, 0.15) is 26.6 Å². The lowest BCUT2D eigenvalue weighted by Gasteiger charge is -2.30. The number of hydrogen-bond acceptors (Lipinski definition) is 4. The summed E-state index contributed by atoms with van der Waals surface area (Å²) in [6, 6.07) is -0.470. The van der Waals surface area contributed by atoms with Crippen LogP contribution in [-0.2, 0) is 22.7 Å². The van der Waals surface area contributed by atoms with Gasteiger partial charge in [0.05, 0.1) is 6.54 Å². The van der Waals surface area contributed by atoms with E-state index in [1.165, 1.54) is 11.2 Å². The van der Waals surface area contributed by atoms with Crippen LogP contribution in [0, 0.1) is 5.92 Å². The van der Waals surface area contributed by atoms with Gasteiger partial charge in [0.15, 0.2) is 0 Å². The van der Waals surface area contributed by atoms with Gasteiger partial charge in [-0.3, -0.25) is 9.59 Å². The van der Waals surface area contributed by atoms with Gasteiger partial charge in [0.1, 0.15) is 24.7 Å². The van der Waals surface area contributed by atoms with Crippen molar-refractivity contribution in [3.8, 4) is 0 Å². The molecule has 1 aromatic heterocycles. The van der Waals surface area contributed by atoms with Crippen molar-refractivity contribution in [2.75, 3.05) is 6.54 Å². The van der Waals surface area contributed by atoms with Gasteiger partial charge < -0.3 is 10.2 Å². The number of aromatic nitrogens is 3. The van der Waals surface area contributed by atoms with Crippen molar-refractivity contribution in [1.82, 2.24) is 25.0 Å². The largest absolute Gasteiger partial charge is 0.343 e. The van der Waals surface area contributed by atoms with E-state index >= 15 is 0 Å². The Morgan fingerprint density at radius 3 is 2.89 bits per heavy atom. The van der Waals surface area contributed by atoms with Crippen LogP contribution in [0.5, 0.6) is 0 Å². The van der Waals surface area contributed by atoms with Gasteiger partial charge >= 0.3 is 0 Å². The molecule has 1 aromatic rings. The molecule has 0 radical (unpaired) electrons. The molecule has 2 rings (SSSR count). The van der Waals surface area contributed by atoms with E-state index < -0.39 is 6.04 Å². The lowest BCUT2D eigenvalue weighted by molar-refractivity contribution is -0.144. The third-order valence-corrected chi connectivity index (χ3v) is 2.96. The standard InChI is InChI=1S/C12H19N5O2/c1-8(2)4-17-10(13-7-14-17)5-16-6-11(18)15-9(3)12(16)19/h7-9H,4-6H2,1-3H3,(H,15,18). The maximum atomic E-state index is 12.0. The van der Waals surface area contributed by atoms with Crippen LogP contribution in [0.25, 0.3) is 0 Å². The fourth-order valence-corrected chi connectivity index (χ4v) is 2.09. The number of amides is 2. The van der Waals surface area contributed by atoms with Gasteiger partial charge in [-0.1, -0.05) is 13.8 Å². The Hall–Kier alpha value is -1.92. The first-order valence-electron chi connectivity index (χ1n) is 6.42. The molecule has 0 aliphatic carbocycles. The maximum Gasteiger partial charge on any atom is 0.245 e. The van der Waals surface area contributed by atoms with Crippen LogP contribution in [0.4, 0.5) is 0 Å². The highest BCUT2D eigenvalue weighted by Crippen LogP contribution is 2.09. The maximum absolute atomic E-state index is 12.0. The third-order valence-electron chi connectivity index (χ3n) is 2.96. The molecule has 2 heterocycles. The molecule has 0 aromatic carbocycles. The Labute approximate surface area is 112 Å². The highest BCUT2D eigenvalue weighted by Gasteiger charge is 2.30. The van der Waals surface area contributed by atoms with Gasteiger partial charge in [-0.2, -0.15) is 5.10 Å². The van der Waals surface area contributed by atoms with Crippen LogP contribution >= 0.6 is 0 Å². The highest BCUT2D eigenvalue weighted by atomic mass is 16.2. The van der Waals surface area contributed by atoms with E-state index in [1.54, 1.807) is 11.6 Å². The van der Waals surface area contributed by atoms with Crippen molar-refractivity contribution in [3.05, 3.63) is 12.2 Å². The van der Waals surface area contributed by atoms with Crippen LogP contribution in [0.15, 0.2) is 6.33 Å². The number of rotatable bonds is 4. The van der Waals surface area contributed by atoms with E-state index in [9.17, 15) is 9.59 Å². The molecular weight excluding hydrogens is 246 g/mol. The van der Waals surface area contributed by atoms with Gasteiger partial charge in [-0.25, -0.2) is 9.67 Å². The fourth-order valence-electron chi connectivity index (χ4n) is 2.09. The number of piperazine rings is 1. The van der Waals surface area contributed by atoms with E-state index in [0.717, 1.165) is 6.54 Å². The molecule has 1 N–H and O–H groups in total. The van der Waals surface area contributed by atoms with Gasteiger partial charge in [-0.05, 0) is 12.8 Å². The van der Waals surface area contributed by atoms with Crippen molar-refractivity contribution in [2.45, 2.75) is 39.9 Å². The zero-order valence-corrected chi connectivity index (χ0v) is 11.5. The van der Waals surface area contributed by atoms with Crippen LogP contribution in [-0.4, -0.2) is 44.1 Å². The summed E-state index contributed by atoms with van der Waals surface area (Å²) in [5.41, 5.74) is 0. The number of nitrogens with one attached hydrogen (secondary N) is 1. The van der Waals surface area contributed by atoms with Crippen LogP contribution in [0.2, 0.25) is 0 Å². The van der Waals surface area contributed by atoms with Crippen molar-refractivity contribution in [3.63, 3.8) is 0 Å². The van der Waals surface area contributed by atoms with Crippen molar-refractivity contribution < 1.29 is 9.59 Å². The van der Waals surface area contributed by atoms with Gasteiger partial charge in [0.2, 0.25) is 11.8 Å². The molecule has 7 heteroatoms. The summed E-state index contributed by atoms with van der Waals surface area (Å²) in [5, 5.41) is 6.76. The van der Waals surface area contributed by atoms with Gasteiger partial charge in [0.25, 0.3) is 0 Å². The molecule has 19 heavy (non-hydrogen) atoms. The Morgan fingerprint density at radius 2 is 2.21 bits per heavy atom. The predicted octanol–water partition coefficient (Wildman–Crippen LogP) is -0.219. The monoisotopic (exact) mass is 265 g/mol. The minimum Gasteiger partial charge on any atom is -0.343 e. The first kappa shape index (κ1) is 13.5. The number of hydrogen-bond donors (Lipinski definition) is 1. The first-order valence-corrected chi connectivity index (χ1v) is 6.42. The molecule has 1 atom stereocenters. The zero-order valence-electron chi connectivity index (χ0n) is 11.5. The third kappa shape index (κ3) is 3.10. The summed E-state index contributed by atoms with van der Waals surface area (Å²) in [7, 11) is 0. The molecule has 2 amide bonds. The van der Waals surface area contributed by atoms with Crippen LogP contribution in [0.3, 0.4) is 0 Å². The molecule has 1 fully saturated rings. The summed E-state index contributed by atoms with van der Waals surface area (Å²) in [6.07, 6.45) is 1.48.